The first-order valence-electron chi connectivity index (χ1n) is 6.87. The number of alkyl halides is 3. The lowest BCUT2D eigenvalue weighted by molar-refractivity contribution is -0.118. The number of hydrogen-bond acceptors (Lipinski definition) is 2. The number of nitrogens with one attached hydrogen (secondary N) is 1. The monoisotopic (exact) mass is 447 g/mol. The minimum absolute atomic E-state index is 0.438. The zero-order valence-electron chi connectivity index (χ0n) is 12.3. The summed E-state index contributed by atoms with van der Waals surface area (Å²) in [4.78, 5) is 12.1. The summed E-state index contributed by atoms with van der Waals surface area (Å²) in [5.74, 6) is 0.0224. The second-order valence-electron chi connectivity index (χ2n) is 4.75. The molecule has 1 N–H and O–H groups in total. The summed E-state index contributed by atoms with van der Waals surface area (Å²) < 4.78 is 4.63. The van der Waals surface area contributed by atoms with Crippen molar-refractivity contribution in [3.05, 3.63) is 70.7 Å². The molecule has 0 saturated heterocycles. The summed E-state index contributed by atoms with van der Waals surface area (Å²) in [7, 11) is 0. The fourth-order valence-corrected chi connectivity index (χ4v) is 2.30. The van der Waals surface area contributed by atoms with Gasteiger partial charge in [-0.1, -0.05) is 81.1 Å². The zero-order valence-corrected chi connectivity index (χ0v) is 16.1. The van der Waals surface area contributed by atoms with Crippen molar-refractivity contribution in [3.8, 4) is 5.75 Å². The fraction of sp³-hybridized carbons (Fsp3) is 0.118. The van der Waals surface area contributed by atoms with Gasteiger partial charge < -0.3 is 10.1 Å². The number of carbonyl (C=O) groups excluding carboxylic acids is 1. The van der Waals surface area contributed by atoms with Crippen molar-refractivity contribution in [1.29, 1.82) is 0 Å². The first-order valence-corrected chi connectivity index (χ1v) is 8.80. The SMILES string of the molecule is O=C(/C=C\c1ccccc1)N[C@H](Oc1ccc(Br)cc1)C(Cl)(Cl)Cl. The van der Waals surface area contributed by atoms with Crippen LogP contribution in [0.5, 0.6) is 5.75 Å². The molecule has 0 saturated carbocycles. The summed E-state index contributed by atoms with van der Waals surface area (Å²) >= 11 is 21.0. The average molecular weight is 450 g/mol. The van der Waals surface area contributed by atoms with Crippen LogP contribution in [-0.2, 0) is 4.79 Å². The van der Waals surface area contributed by atoms with Gasteiger partial charge in [0.1, 0.15) is 5.75 Å². The van der Waals surface area contributed by atoms with Gasteiger partial charge in [0, 0.05) is 10.5 Å². The highest BCUT2D eigenvalue weighted by atomic mass is 79.9. The van der Waals surface area contributed by atoms with Crippen LogP contribution in [0.3, 0.4) is 0 Å². The van der Waals surface area contributed by atoms with E-state index >= 15 is 0 Å². The highest BCUT2D eigenvalue weighted by Gasteiger charge is 2.35. The molecule has 2 aromatic rings. The lowest BCUT2D eigenvalue weighted by Crippen LogP contribution is -2.47. The van der Waals surface area contributed by atoms with Gasteiger partial charge in [-0.15, -0.1) is 0 Å². The Labute approximate surface area is 163 Å². The van der Waals surface area contributed by atoms with E-state index in [4.69, 9.17) is 39.5 Å². The van der Waals surface area contributed by atoms with E-state index in [1.807, 2.05) is 30.3 Å². The Hall–Kier alpha value is -1.20. The molecule has 0 aromatic heterocycles. The molecule has 126 valence electrons. The van der Waals surface area contributed by atoms with Crippen molar-refractivity contribution in [2.24, 2.45) is 0 Å². The largest absolute Gasteiger partial charge is 0.466 e. The van der Waals surface area contributed by atoms with E-state index in [1.54, 1.807) is 30.3 Å². The molecule has 0 aliphatic carbocycles. The van der Waals surface area contributed by atoms with Crippen LogP contribution in [0.15, 0.2) is 65.1 Å². The Bertz CT molecular complexity index is 700. The molecule has 0 unspecified atom stereocenters. The first kappa shape index (κ1) is 19.1. The van der Waals surface area contributed by atoms with Gasteiger partial charge in [0.05, 0.1) is 0 Å². The predicted octanol–water partition coefficient (Wildman–Crippen LogP) is 5.35. The van der Waals surface area contributed by atoms with Crippen LogP contribution < -0.4 is 10.1 Å². The number of hydrogen-bond donors (Lipinski definition) is 1. The highest BCUT2D eigenvalue weighted by Crippen LogP contribution is 2.32. The van der Waals surface area contributed by atoms with Crippen LogP contribution in [0.25, 0.3) is 6.08 Å². The number of halogens is 4. The second kappa shape index (κ2) is 8.77. The van der Waals surface area contributed by atoms with Gasteiger partial charge in [0.2, 0.25) is 15.9 Å². The fourth-order valence-electron chi connectivity index (χ4n) is 1.74. The van der Waals surface area contributed by atoms with Crippen molar-refractivity contribution in [2.75, 3.05) is 0 Å². The van der Waals surface area contributed by atoms with Crippen molar-refractivity contribution >= 4 is 62.7 Å². The Morgan fingerprint density at radius 1 is 1.08 bits per heavy atom. The third kappa shape index (κ3) is 6.36. The minimum atomic E-state index is -1.83. The highest BCUT2D eigenvalue weighted by molar-refractivity contribution is 9.10. The maximum absolute atomic E-state index is 12.1. The van der Waals surface area contributed by atoms with Crippen molar-refractivity contribution in [2.45, 2.75) is 10.0 Å². The average Bonchev–Trinajstić information content (AvgIpc) is 2.54. The topological polar surface area (TPSA) is 38.3 Å². The summed E-state index contributed by atoms with van der Waals surface area (Å²) in [6.45, 7) is 0. The third-order valence-corrected chi connectivity index (χ3v) is 3.99. The molecule has 0 spiro atoms. The maximum atomic E-state index is 12.1. The Balaban J connectivity index is 2.04. The molecule has 24 heavy (non-hydrogen) atoms. The van der Waals surface area contributed by atoms with Crippen LogP contribution in [-0.4, -0.2) is 15.9 Å². The molecule has 7 heteroatoms. The van der Waals surface area contributed by atoms with Crippen LogP contribution in [0, 0.1) is 0 Å². The molecule has 0 heterocycles. The van der Waals surface area contributed by atoms with Gasteiger partial charge in [-0.2, -0.15) is 0 Å². The van der Waals surface area contributed by atoms with E-state index in [2.05, 4.69) is 21.2 Å². The molecular weight excluding hydrogens is 436 g/mol. The molecule has 3 nitrogen and oxygen atoms in total. The van der Waals surface area contributed by atoms with Gasteiger partial charge in [0.15, 0.2) is 0 Å². The normalized spacial score (nSPS) is 12.8. The molecule has 0 aliphatic rings. The number of carbonyl (C=O) groups is 1. The lowest BCUT2D eigenvalue weighted by atomic mass is 10.2. The third-order valence-electron chi connectivity index (χ3n) is 2.86. The van der Waals surface area contributed by atoms with E-state index in [1.165, 1.54) is 6.08 Å². The quantitative estimate of drug-likeness (QED) is 0.379. The van der Waals surface area contributed by atoms with E-state index in [-0.39, 0.29) is 0 Å². The summed E-state index contributed by atoms with van der Waals surface area (Å²) in [5, 5.41) is 2.53. The Morgan fingerprint density at radius 3 is 2.29 bits per heavy atom. The number of ether oxygens (including phenoxy) is 1. The van der Waals surface area contributed by atoms with Crippen LogP contribution in [0.1, 0.15) is 5.56 Å². The Morgan fingerprint density at radius 2 is 1.71 bits per heavy atom. The molecule has 1 amide bonds. The molecule has 1 atom stereocenters. The van der Waals surface area contributed by atoms with Crippen LogP contribution in [0.2, 0.25) is 0 Å². The van der Waals surface area contributed by atoms with E-state index in [0.29, 0.717) is 5.75 Å². The van der Waals surface area contributed by atoms with Crippen molar-refractivity contribution < 1.29 is 9.53 Å². The predicted molar refractivity (Wildman–Crippen MR) is 102 cm³/mol. The summed E-state index contributed by atoms with van der Waals surface area (Å²) in [6, 6.07) is 16.3. The van der Waals surface area contributed by atoms with Crippen molar-refractivity contribution in [1.82, 2.24) is 5.32 Å². The smallest absolute Gasteiger partial charge is 0.246 e. The number of amides is 1. The van der Waals surface area contributed by atoms with Crippen LogP contribution in [0.4, 0.5) is 0 Å². The van der Waals surface area contributed by atoms with E-state index in [9.17, 15) is 4.79 Å². The molecule has 2 aromatic carbocycles. The zero-order chi connectivity index (χ0) is 17.6. The molecule has 0 bridgehead atoms. The lowest BCUT2D eigenvalue weighted by Gasteiger charge is -2.25. The van der Waals surface area contributed by atoms with Gasteiger partial charge in [-0.05, 0) is 35.9 Å². The standard InChI is InChI=1S/C17H13BrCl3NO2/c18-13-7-9-14(10-8-13)24-16(17(19,20)21)22-15(23)11-6-12-4-2-1-3-5-12/h1-11,16H,(H,22,23)/b11-6-/t16-/m1/s1. The van der Waals surface area contributed by atoms with Crippen molar-refractivity contribution in [3.63, 3.8) is 0 Å². The van der Waals surface area contributed by atoms with Crippen LogP contribution >= 0.6 is 50.7 Å². The minimum Gasteiger partial charge on any atom is -0.466 e. The summed E-state index contributed by atoms with van der Waals surface area (Å²) in [6.07, 6.45) is 1.87. The van der Waals surface area contributed by atoms with Gasteiger partial charge in [-0.25, -0.2) is 0 Å². The molecule has 2 rings (SSSR count). The second-order valence-corrected chi connectivity index (χ2v) is 8.03. The van der Waals surface area contributed by atoms with Gasteiger partial charge >= 0.3 is 0 Å². The number of rotatable bonds is 5. The van der Waals surface area contributed by atoms with Gasteiger partial charge in [0.25, 0.3) is 0 Å². The van der Waals surface area contributed by atoms with Gasteiger partial charge in [-0.3, -0.25) is 4.79 Å². The molecule has 0 aliphatic heterocycles. The molecule has 0 radical (unpaired) electrons. The molecule has 0 fully saturated rings. The first-order chi connectivity index (χ1) is 11.3. The number of benzene rings is 2. The summed E-state index contributed by atoms with van der Waals surface area (Å²) in [5.41, 5.74) is 0.881. The Kier molecular flexibility index (Phi) is 6.99. The molecular formula is C17H13BrCl3NO2. The van der Waals surface area contributed by atoms with E-state index < -0.39 is 15.9 Å². The maximum Gasteiger partial charge on any atom is 0.246 e. The van der Waals surface area contributed by atoms with E-state index in [0.717, 1.165) is 10.0 Å².